The maximum atomic E-state index is 12.3. The summed E-state index contributed by atoms with van der Waals surface area (Å²) in [7, 11) is 1.61. The van der Waals surface area contributed by atoms with Gasteiger partial charge >= 0.3 is 5.97 Å². The lowest BCUT2D eigenvalue weighted by atomic mass is 10.1. The van der Waals surface area contributed by atoms with Gasteiger partial charge in [0.25, 0.3) is 5.91 Å². The van der Waals surface area contributed by atoms with Crippen LogP contribution in [0.5, 0.6) is 5.75 Å². The first-order valence-electron chi connectivity index (χ1n) is 7.72. The van der Waals surface area contributed by atoms with E-state index in [0.29, 0.717) is 12.2 Å². The van der Waals surface area contributed by atoms with E-state index in [9.17, 15) is 9.59 Å². The second-order valence-corrected chi connectivity index (χ2v) is 5.72. The summed E-state index contributed by atoms with van der Waals surface area (Å²) < 4.78 is 5.66. The van der Waals surface area contributed by atoms with Crippen molar-refractivity contribution in [3.63, 3.8) is 0 Å². The zero-order valence-corrected chi connectivity index (χ0v) is 13.8. The van der Waals surface area contributed by atoms with Crippen molar-refractivity contribution in [1.29, 1.82) is 0 Å². The summed E-state index contributed by atoms with van der Waals surface area (Å²) in [6.07, 6.45) is 0. The second kappa shape index (κ2) is 8.15. The van der Waals surface area contributed by atoms with Crippen LogP contribution in [0.15, 0.2) is 54.6 Å². The van der Waals surface area contributed by atoms with E-state index in [1.54, 1.807) is 26.1 Å². The highest BCUT2D eigenvalue weighted by Gasteiger charge is 2.18. The molecule has 1 unspecified atom stereocenters. The van der Waals surface area contributed by atoms with Crippen molar-refractivity contribution in [2.45, 2.75) is 13.5 Å². The number of para-hydroxylation sites is 1. The number of carboxylic acids is 1. The number of benzene rings is 2. The van der Waals surface area contributed by atoms with Crippen molar-refractivity contribution >= 4 is 11.9 Å². The maximum absolute atomic E-state index is 12.3. The Hall–Kier alpha value is -2.82. The number of carbonyl (C=O) groups excluding carboxylic acids is 1. The Bertz CT molecular complexity index is 682. The van der Waals surface area contributed by atoms with Gasteiger partial charge in [-0.2, -0.15) is 0 Å². The van der Waals surface area contributed by atoms with Gasteiger partial charge in [-0.15, -0.1) is 0 Å². The van der Waals surface area contributed by atoms with E-state index < -0.39 is 11.9 Å². The quantitative estimate of drug-likeness (QED) is 0.849. The Morgan fingerprint density at radius 1 is 1.08 bits per heavy atom. The molecule has 2 rings (SSSR count). The zero-order chi connectivity index (χ0) is 17.5. The lowest BCUT2D eigenvalue weighted by molar-refractivity contribution is -0.141. The van der Waals surface area contributed by atoms with Crippen molar-refractivity contribution in [2.75, 3.05) is 13.6 Å². The SMILES string of the molecule is CC(CN(C)C(=O)c1ccc(COc2ccccc2)cc1)C(=O)O. The smallest absolute Gasteiger partial charge is 0.308 e. The zero-order valence-electron chi connectivity index (χ0n) is 13.8. The number of ether oxygens (including phenoxy) is 1. The Kier molecular flexibility index (Phi) is 5.95. The van der Waals surface area contributed by atoms with Crippen molar-refractivity contribution in [3.8, 4) is 5.75 Å². The lowest BCUT2D eigenvalue weighted by Gasteiger charge is -2.19. The number of carbonyl (C=O) groups is 2. The molecule has 0 fully saturated rings. The molecule has 0 saturated heterocycles. The molecule has 1 N–H and O–H groups in total. The molecular weight excluding hydrogens is 306 g/mol. The highest BCUT2D eigenvalue weighted by molar-refractivity contribution is 5.94. The van der Waals surface area contributed by atoms with Crippen LogP contribution in [-0.4, -0.2) is 35.5 Å². The van der Waals surface area contributed by atoms with Gasteiger partial charge in [0.05, 0.1) is 5.92 Å². The molecule has 0 saturated carbocycles. The van der Waals surface area contributed by atoms with Crippen LogP contribution >= 0.6 is 0 Å². The van der Waals surface area contributed by atoms with E-state index in [1.165, 1.54) is 4.90 Å². The monoisotopic (exact) mass is 327 g/mol. The Labute approximate surface area is 141 Å². The largest absolute Gasteiger partial charge is 0.489 e. The molecule has 2 aromatic carbocycles. The fraction of sp³-hybridized carbons (Fsp3) is 0.263. The van der Waals surface area contributed by atoms with Gasteiger partial charge in [-0.05, 0) is 29.8 Å². The number of rotatable bonds is 7. The first kappa shape index (κ1) is 17.5. The summed E-state index contributed by atoms with van der Waals surface area (Å²) in [5.74, 6) is -0.917. The fourth-order valence-electron chi connectivity index (χ4n) is 2.22. The van der Waals surface area contributed by atoms with Gasteiger partial charge < -0.3 is 14.7 Å². The maximum Gasteiger partial charge on any atom is 0.308 e. The molecule has 0 aliphatic heterocycles. The van der Waals surface area contributed by atoms with Crippen LogP contribution < -0.4 is 4.74 Å². The summed E-state index contributed by atoms with van der Waals surface area (Å²) in [5.41, 5.74) is 1.48. The normalized spacial score (nSPS) is 11.6. The highest BCUT2D eigenvalue weighted by atomic mass is 16.5. The van der Waals surface area contributed by atoms with E-state index in [4.69, 9.17) is 9.84 Å². The molecule has 0 spiro atoms. The fourth-order valence-corrected chi connectivity index (χ4v) is 2.22. The molecule has 24 heavy (non-hydrogen) atoms. The van der Waals surface area contributed by atoms with Gasteiger partial charge in [0, 0.05) is 19.2 Å². The van der Waals surface area contributed by atoms with Gasteiger partial charge in [-0.25, -0.2) is 0 Å². The van der Waals surface area contributed by atoms with Crippen LogP contribution in [0, 0.1) is 5.92 Å². The average Bonchev–Trinajstić information content (AvgIpc) is 2.60. The molecule has 1 amide bonds. The van der Waals surface area contributed by atoms with Crippen LogP contribution in [0.3, 0.4) is 0 Å². The third-order valence-electron chi connectivity index (χ3n) is 3.67. The van der Waals surface area contributed by atoms with Gasteiger partial charge in [-0.1, -0.05) is 37.3 Å². The molecule has 0 bridgehead atoms. The number of hydrogen-bond donors (Lipinski definition) is 1. The minimum absolute atomic E-state index is 0.174. The van der Waals surface area contributed by atoms with Gasteiger partial charge in [-0.3, -0.25) is 9.59 Å². The Morgan fingerprint density at radius 3 is 2.29 bits per heavy atom. The molecule has 0 aliphatic carbocycles. The molecule has 5 nitrogen and oxygen atoms in total. The first-order valence-corrected chi connectivity index (χ1v) is 7.72. The summed E-state index contributed by atoms with van der Waals surface area (Å²) >= 11 is 0. The minimum atomic E-state index is -0.914. The summed E-state index contributed by atoms with van der Waals surface area (Å²) in [5, 5.41) is 8.92. The van der Waals surface area contributed by atoms with Crippen LogP contribution in [0.4, 0.5) is 0 Å². The summed E-state index contributed by atoms with van der Waals surface area (Å²) in [4.78, 5) is 24.6. The number of hydrogen-bond acceptors (Lipinski definition) is 3. The summed E-state index contributed by atoms with van der Waals surface area (Å²) in [6, 6.07) is 16.6. The topological polar surface area (TPSA) is 66.8 Å². The van der Waals surface area contributed by atoms with Gasteiger partial charge in [0.2, 0.25) is 0 Å². The predicted octanol–water partition coefficient (Wildman–Crippen LogP) is 3.06. The van der Waals surface area contributed by atoms with E-state index in [-0.39, 0.29) is 12.5 Å². The lowest BCUT2D eigenvalue weighted by Crippen LogP contribution is -2.33. The average molecular weight is 327 g/mol. The number of amides is 1. The van der Waals surface area contributed by atoms with E-state index in [2.05, 4.69) is 0 Å². The van der Waals surface area contributed by atoms with Crippen molar-refractivity contribution in [1.82, 2.24) is 4.90 Å². The molecule has 1 atom stereocenters. The third kappa shape index (κ3) is 4.84. The molecule has 0 aromatic heterocycles. The minimum Gasteiger partial charge on any atom is -0.489 e. The molecule has 5 heteroatoms. The number of carboxylic acid groups (broad SMARTS) is 1. The van der Waals surface area contributed by atoms with Crippen molar-refractivity contribution in [3.05, 3.63) is 65.7 Å². The van der Waals surface area contributed by atoms with E-state index in [1.807, 2.05) is 42.5 Å². The number of aliphatic carboxylic acids is 1. The van der Waals surface area contributed by atoms with Crippen molar-refractivity contribution < 1.29 is 19.4 Å². The Morgan fingerprint density at radius 2 is 1.71 bits per heavy atom. The van der Waals surface area contributed by atoms with Crippen LogP contribution in [0.2, 0.25) is 0 Å². The highest BCUT2D eigenvalue weighted by Crippen LogP contribution is 2.13. The Balaban J connectivity index is 1.93. The number of nitrogens with zero attached hydrogens (tertiary/aromatic N) is 1. The van der Waals surface area contributed by atoms with E-state index in [0.717, 1.165) is 11.3 Å². The molecule has 0 heterocycles. The van der Waals surface area contributed by atoms with Crippen LogP contribution in [-0.2, 0) is 11.4 Å². The molecule has 0 aliphatic rings. The molecular formula is C19H21NO4. The van der Waals surface area contributed by atoms with Crippen LogP contribution in [0.25, 0.3) is 0 Å². The van der Waals surface area contributed by atoms with Gasteiger partial charge in [0.1, 0.15) is 12.4 Å². The standard InChI is InChI=1S/C19H21NO4/c1-14(19(22)23)12-20(2)18(21)16-10-8-15(9-11-16)13-24-17-6-4-3-5-7-17/h3-11,14H,12-13H2,1-2H3,(H,22,23). The molecule has 126 valence electrons. The molecule has 2 aromatic rings. The first-order chi connectivity index (χ1) is 11.5. The molecule has 0 radical (unpaired) electrons. The van der Waals surface area contributed by atoms with Crippen molar-refractivity contribution in [2.24, 2.45) is 5.92 Å². The predicted molar refractivity (Wildman–Crippen MR) is 91.0 cm³/mol. The third-order valence-corrected chi connectivity index (χ3v) is 3.67. The van der Waals surface area contributed by atoms with Crippen LogP contribution in [0.1, 0.15) is 22.8 Å². The second-order valence-electron chi connectivity index (χ2n) is 5.72. The summed E-state index contributed by atoms with van der Waals surface area (Å²) in [6.45, 7) is 2.17. The van der Waals surface area contributed by atoms with Gasteiger partial charge in [0.15, 0.2) is 0 Å². The van der Waals surface area contributed by atoms with E-state index >= 15 is 0 Å².